The lowest BCUT2D eigenvalue weighted by atomic mass is 9.95. The van der Waals surface area contributed by atoms with Crippen LogP contribution in [0.4, 0.5) is 16.5 Å². The fourth-order valence-electron chi connectivity index (χ4n) is 2.79. The number of methoxy groups -OCH3 is 1. The van der Waals surface area contributed by atoms with E-state index in [-0.39, 0.29) is 16.8 Å². The minimum absolute atomic E-state index is 0.103. The van der Waals surface area contributed by atoms with Crippen LogP contribution in [0.1, 0.15) is 33.6 Å². The molecule has 0 atom stereocenters. The number of esters is 1. The molecule has 136 valence electrons. The van der Waals surface area contributed by atoms with E-state index in [1.165, 1.54) is 35.5 Å². The maximum Gasteiger partial charge on any atom is 0.341 e. The van der Waals surface area contributed by atoms with Crippen molar-refractivity contribution in [3.05, 3.63) is 44.4 Å². The normalized spacial score (nSPS) is 12.8. The molecule has 0 radical (unpaired) electrons. The summed E-state index contributed by atoms with van der Waals surface area (Å²) in [6, 6.07) is 2.80. The highest BCUT2D eigenvalue weighted by molar-refractivity contribution is 7.80. The summed E-state index contributed by atoms with van der Waals surface area (Å²) in [6.45, 7) is 0. The average Bonchev–Trinajstić information content (AvgIpc) is 2.99. The van der Waals surface area contributed by atoms with Crippen LogP contribution in [0.15, 0.2) is 18.3 Å². The molecule has 0 saturated heterocycles. The van der Waals surface area contributed by atoms with E-state index < -0.39 is 4.92 Å². The van der Waals surface area contributed by atoms with Crippen molar-refractivity contribution >= 4 is 51.1 Å². The lowest BCUT2D eigenvalue weighted by molar-refractivity contribution is -0.385. The monoisotopic (exact) mass is 392 g/mol. The number of nitrogens with one attached hydrogen (secondary N) is 2. The lowest BCUT2D eigenvalue weighted by Crippen LogP contribution is -2.21. The van der Waals surface area contributed by atoms with Gasteiger partial charge in [0.15, 0.2) is 5.11 Å². The number of hydrogen-bond acceptors (Lipinski definition) is 7. The quantitative estimate of drug-likeness (QED) is 0.352. The number of rotatable bonds is 4. The van der Waals surface area contributed by atoms with Crippen LogP contribution in [0, 0.1) is 10.1 Å². The highest BCUT2D eigenvalue weighted by Gasteiger charge is 2.26. The molecule has 1 aliphatic rings. The number of anilines is 2. The van der Waals surface area contributed by atoms with Crippen molar-refractivity contribution in [2.45, 2.75) is 25.7 Å². The van der Waals surface area contributed by atoms with Crippen molar-refractivity contribution in [2.24, 2.45) is 0 Å². The van der Waals surface area contributed by atoms with Crippen molar-refractivity contribution in [2.75, 3.05) is 17.7 Å². The number of fused-ring (bicyclic) bond motifs is 1. The van der Waals surface area contributed by atoms with E-state index in [1.54, 1.807) is 0 Å². The van der Waals surface area contributed by atoms with E-state index in [1.807, 2.05) is 0 Å². The number of nitro groups is 1. The van der Waals surface area contributed by atoms with Gasteiger partial charge in [-0.3, -0.25) is 10.1 Å². The minimum Gasteiger partial charge on any atom is -0.465 e. The zero-order chi connectivity index (χ0) is 18.7. The molecule has 26 heavy (non-hydrogen) atoms. The Balaban J connectivity index is 1.77. The van der Waals surface area contributed by atoms with Crippen LogP contribution in [0.5, 0.6) is 0 Å². The number of nitrogens with zero attached hydrogens (tertiary/aromatic N) is 2. The second kappa shape index (κ2) is 7.75. The number of hydrogen-bond donors (Lipinski definition) is 2. The molecule has 0 bridgehead atoms. The highest BCUT2D eigenvalue weighted by Crippen LogP contribution is 2.38. The van der Waals surface area contributed by atoms with Crippen LogP contribution in [0.25, 0.3) is 0 Å². The van der Waals surface area contributed by atoms with Crippen molar-refractivity contribution in [3.63, 3.8) is 0 Å². The molecule has 0 fully saturated rings. The van der Waals surface area contributed by atoms with Gasteiger partial charge in [0.25, 0.3) is 5.69 Å². The maximum atomic E-state index is 12.2. The Hall–Kier alpha value is -2.59. The number of ether oxygens (including phenoxy) is 1. The largest absolute Gasteiger partial charge is 0.465 e. The summed E-state index contributed by atoms with van der Waals surface area (Å²) in [7, 11) is 1.36. The topological polar surface area (TPSA) is 106 Å². The van der Waals surface area contributed by atoms with Gasteiger partial charge in [-0.2, -0.15) is 0 Å². The molecular formula is C16H16N4O4S2. The highest BCUT2D eigenvalue weighted by atomic mass is 32.1. The number of aromatic nitrogens is 1. The Bertz CT molecular complexity index is 864. The van der Waals surface area contributed by atoms with Crippen LogP contribution in [0.3, 0.4) is 0 Å². The predicted octanol–water partition coefficient (Wildman–Crippen LogP) is 3.53. The molecule has 8 nitrogen and oxygen atoms in total. The summed E-state index contributed by atoms with van der Waals surface area (Å²) < 4.78 is 4.92. The SMILES string of the molecule is COC(=O)c1c(NC(=S)Nc2ccc([N+](=O)[O-])cn2)sc2c1CCCC2. The molecule has 0 amide bonds. The second-order valence-electron chi connectivity index (χ2n) is 5.64. The predicted molar refractivity (Wildman–Crippen MR) is 103 cm³/mol. The molecule has 0 saturated carbocycles. The molecule has 0 spiro atoms. The second-order valence-corrected chi connectivity index (χ2v) is 7.16. The first kappa shape index (κ1) is 18.2. The minimum atomic E-state index is -0.522. The average molecular weight is 392 g/mol. The summed E-state index contributed by atoms with van der Waals surface area (Å²) in [5.41, 5.74) is 1.47. The molecule has 2 heterocycles. The van der Waals surface area contributed by atoms with Gasteiger partial charge in [-0.15, -0.1) is 11.3 Å². The van der Waals surface area contributed by atoms with E-state index in [4.69, 9.17) is 17.0 Å². The summed E-state index contributed by atoms with van der Waals surface area (Å²) in [6.07, 6.45) is 5.08. The van der Waals surface area contributed by atoms with Crippen LogP contribution < -0.4 is 10.6 Å². The Morgan fingerprint density at radius 3 is 2.77 bits per heavy atom. The molecule has 3 rings (SSSR count). The fraction of sp³-hybridized carbons (Fsp3) is 0.312. The summed E-state index contributed by atoms with van der Waals surface area (Å²) in [5, 5.41) is 17.4. The number of thiophene rings is 1. The van der Waals surface area contributed by atoms with Gasteiger partial charge in [0.2, 0.25) is 0 Å². The van der Waals surface area contributed by atoms with E-state index in [0.717, 1.165) is 37.4 Å². The number of pyridine rings is 1. The Morgan fingerprint density at radius 1 is 1.35 bits per heavy atom. The van der Waals surface area contributed by atoms with Crippen LogP contribution >= 0.6 is 23.6 Å². The van der Waals surface area contributed by atoms with Gasteiger partial charge in [-0.05, 0) is 49.5 Å². The first-order chi connectivity index (χ1) is 12.5. The van der Waals surface area contributed by atoms with Crippen molar-refractivity contribution in [1.82, 2.24) is 4.98 Å². The third kappa shape index (κ3) is 3.81. The first-order valence-corrected chi connectivity index (χ1v) is 9.13. The molecule has 0 unspecified atom stereocenters. The maximum absolute atomic E-state index is 12.2. The zero-order valence-electron chi connectivity index (χ0n) is 13.9. The summed E-state index contributed by atoms with van der Waals surface area (Å²) >= 11 is 6.79. The van der Waals surface area contributed by atoms with E-state index in [0.29, 0.717) is 16.4 Å². The van der Waals surface area contributed by atoms with Gasteiger partial charge in [0, 0.05) is 10.9 Å². The van der Waals surface area contributed by atoms with Crippen LogP contribution in [-0.2, 0) is 17.6 Å². The number of carbonyl (C=O) groups is 1. The van der Waals surface area contributed by atoms with Gasteiger partial charge in [0.1, 0.15) is 17.0 Å². The molecule has 10 heteroatoms. The van der Waals surface area contributed by atoms with Crippen molar-refractivity contribution in [1.29, 1.82) is 0 Å². The third-order valence-corrected chi connectivity index (χ3v) is 5.40. The molecule has 2 aromatic rings. The first-order valence-electron chi connectivity index (χ1n) is 7.91. The number of aryl methyl sites for hydroxylation is 1. The van der Waals surface area contributed by atoms with Crippen LogP contribution in [-0.4, -0.2) is 28.1 Å². The summed E-state index contributed by atoms with van der Waals surface area (Å²) in [5.74, 6) is -0.0165. The fourth-order valence-corrected chi connectivity index (χ4v) is 4.34. The Kier molecular flexibility index (Phi) is 5.43. The molecule has 1 aliphatic carbocycles. The van der Waals surface area contributed by atoms with Crippen molar-refractivity contribution in [3.8, 4) is 0 Å². The summed E-state index contributed by atoms with van der Waals surface area (Å²) in [4.78, 5) is 27.5. The zero-order valence-corrected chi connectivity index (χ0v) is 15.5. The van der Waals surface area contributed by atoms with Gasteiger partial charge in [0.05, 0.1) is 17.6 Å². The smallest absolute Gasteiger partial charge is 0.341 e. The Labute approximate surface area is 158 Å². The molecular weight excluding hydrogens is 376 g/mol. The number of thiocarbonyl (C=S) groups is 1. The van der Waals surface area contributed by atoms with E-state index >= 15 is 0 Å². The van der Waals surface area contributed by atoms with Gasteiger partial charge in [-0.25, -0.2) is 9.78 Å². The molecule has 2 N–H and O–H groups in total. The third-order valence-electron chi connectivity index (χ3n) is 3.99. The van der Waals surface area contributed by atoms with Gasteiger partial charge < -0.3 is 15.4 Å². The van der Waals surface area contributed by atoms with Crippen LogP contribution in [0.2, 0.25) is 0 Å². The van der Waals surface area contributed by atoms with Gasteiger partial charge >= 0.3 is 5.97 Å². The molecule has 0 aliphatic heterocycles. The standard InChI is InChI=1S/C16H16N4O4S2/c1-24-15(21)13-10-4-2-3-5-11(10)26-14(13)19-16(25)18-12-7-6-9(8-17-12)20(22)23/h6-8H,2-5H2,1H3,(H2,17,18,19,25). The lowest BCUT2D eigenvalue weighted by Gasteiger charge is -2.12. The molecule has 0 aromatic carbocycles. The van der Waals surface area contributed by atoms with Gasteiger partial charge in [-0.1, -0.05) is 0 Å². The Morgan fingerprint density at radius 2 is 2.12 bits per heavy atom. The molecule has 2 aromatic heterocycles. The van der Waals surface area contributed by atoms with E-state index in [9.17, 15) is 14.9 Å². The van der Waals surface area contributed by atoms with E-state index in [2.05, 4.69) is 15.6 Å². The van der Waals surface area contributed by atoms with Crippen molar-refractivity contribution < 1.29 is 14.5 Å². The number of carbonyl (C=O) groups excluding carboxylic acids is 1.